The predicted molar refractivity (Wildman–Crippen MR) is 96.0 cm³/mol. The van der Waals surface area contributed by atoms with Gasteiger partial charge in [-0.2, -0.15) is 5.26 Å². The van der Waals surface area contributed by atoms with Crippen LogP contribution in [0.2, 0.25) is 0 Å². The van der Waals surface area contributed by atoms with Crippen LogP contribution in [0, 0.1) is 18.3 Å². The van der Waals surface area contributed by atoms with Gasteiger partial charge in [-0.15, -0.1) is 0 Å². The van der Waals surface area contributed by atoms with E-state index in [4.69, 9.17) is 5.73 Å². The van der Waals surface area contributed by atoms with Crippen molar-refractivity contribution in [1.29, 1.82) is 5.26 Å². The molecule has 0 unspecified atom stereocenters. The number of pyridine rings is 1. The molecular formula is C19H14N6. The molecule has 0 bridgehead atoms. The molecule has 25 heavy (non-hydrogen) atoms. The average molecular weight is 326 g/mol. The van der Waals surface area contributed by atoms with Gasteiger partial charge in [-0.3, -0.25) is 4.98 Å². The Kier molecular flexibility index (Phi) is 3.40. The molecule has 2 N–H and O–H groups in total. The van der Waals surface area contributed by atoms with Crippen LogP contribution in [0.4, 0.5) is 5.82 Å². The molecule has 1 aromatic carbocycles. The molecule has 6 nitrogen and oxygen atoms in total. The standard InChI is InChI=1S/C19H14N6/c1-12-6-8-25(11-12)19-17(23-16(10-20)18(21)24-19)14-4-5-15-13(9-14)3-2-7-22-15/h2-9,11H,1H3,(H2,21,24). The number of nitriles is 1. The molecular weight excluding hydrogens is 312 g/mol. The van der Waals surface area contributed by atoms with Gasteiger partial charge < -0.3 is 10.3 Å². The average Bonchev–Trinajstić information content (AvgIpc) is 3.07. The van der Waals surface area contributed by atoms with E-state index in [9.17, 15) is 5.26 Å². The smallest absolute Gasteiger partial charge is 0.183 e. The van der Waals surface area contributed by atoms with Crippen molar-refractivity contribution in [2.24, 2.45) is 0 Å². The lowest BCUT2D eigenvalue weighted by Gasteiger charge is -2.11. The van der Waals surface area contributed by atoms with Gasteiger partial charge in [-0.25, -0.2) is 9.97 Å². The van der Waals surface area contributed by atoms with Crippen molar-refractivity contribution in [2.45, 2.75) is 6.92 Å². The van der Waals surface area contributed by atoms with Gasteiger partial charge in [0.2, 0.25) is 0 Å². The molecule has 0 atom stereocenters. The highest BCUT2D eigenvalue weighted by atomic mass is 15.1. The second kappa shape index (κ2) is 5.73. The first-order valence-corrected chi connectivity index (χ1v) is 7.73. The number of aryl methyl sites for hydroxylation is 1. The van der Waals surface area contributed by atoms with Gasteiger partial charge in [0.15, 0.2) is 17.3 Å². The molecule has 3 aromatic heterocycles. The van der Waals surface area contributed by atoms with E-state index in [-0.39, 0.29) is 11.5 Å². The molecule has 0 spiro atoms. The van der Waals surface area contributed by atoms with E-state index in [1.807, 2.05) is 66.4 Å². The van der Waals surface area contributed by atoms with Crippen molar-refractivity contribution in [2.75, 3.05) is 5.73 Å². The van der Waals surface area contributed by atoms with E-state index >= 15 is 0 Å². The SMILES string of the molecule is Cc1ccn(-c2nc(N)c(C#N)nc2-c2ccc3ncccc3c2)c1. The number of rotatable bonds is 2. The van der Waals surface area contributed by atoms with Gasteiger partial charge in [0.05, 0.1) is 5.52 Å². The molecule has 0 aliphatic rings. The first kappa shape index (κ1) is 14.8. The number of hydrogen-bond donors (Lipinski definition) is 1. The summed E-state index contributed by atoms with van der Waals surface area (Å²) in [5.74, 6) is 0.711. The van der Waals surface area contributed by atoms with Crippen molar-refractivity contribution in [3.05, 3.63) is 66.2 Å². The maximum atomic E-state index is 9.28. The van der Waals surface area contributed by atoms with Crippen LogP contribution in [0.15, 0.2) is 55.0 Å². The quantitative estimate of drug-likeness (QED) is 0.610. The number of nitrogens with two attached hydrogens (primary N) is 1. The minimum atomic E-state index is 0.119. The Hall–Kier alpha value is -3.72. The first-order valence-electron chi connectivity index (χ1n) is 7.73. The zero-order chi connectivity index (χ0) is 17.4. The Morgan fingerprint density at radius 2 is 2.04 bits per heavy atom. The maximum Gasteiger partial charge on any atom is 0.183 e. The third-order valence-electron chi connectivity index (χ3n) is 3.97. The number of anilines is 1. The van der Waals surface area contributed by atoms with Gasteiger partial charge in [0, 0.05) is 29.5 Å². The Labute approximate surface area is 144 Å². The molecule has 0 aliphatic heterocycles. The summed E-state index contributed by atoms with van der Waals surface area (Å²) < 4.78 is 1.86. The van der Waals surface area contributed by atoms with Crippen LogP contribution >= 0.6 is 0 Å². The fourth-order valence-corrected chi connectivity index (χ4v) is 2.75. The van der Waals surface area contributed by atoms with Crippen LogP contribution in [0.25, 0.3) is 28.0 Å². The second-order valence-electron chi connectivity index (χ2n) is 5.75. The Balaban J connectivity index is 1.99. The van der Waals surface area contributed by atoms with Crippen LogP contribution < -0.4 is 5.73 Å². The maximum absolute atomic E-state index is 9.28. The predicted octanol–water partition coefficient (Wildman–Crippen LogP) is 3.24. The first-order chi connectivity index (χ1) is 12.2. The largest absolute Gasteiger partial charge is 0.381 e. The molecule has 6 heteroatoms. The minimum absolute atomic E-state index is 0.119. The van der Waals surface area contributed by atoms with Gasteiger partial charge in [-0.1, -0.05) is 12.1 Å². The lowest BCUT2D eigenvalue weighted by Crippen LogP contribution is -2.07. The molecule has 0 amide bonds. The van der Waals surface area contributed by atoms with Crippen molar-refractivity contribution in [3.8, 4) is 23.1 Å². The van der Waals surface area contributed by atoms with Gasteiger partial charge >= 0.3 is 0 Å². The summed E-state index contributed by atoms with van der Waals surface area (Å²) in [5.41, 5.74) is 9.46. The summed E-state index contributed by atoms with van der Waals surface area (Å²) in [5, 5.41) is 10.3. The summed E-state index contributed by atoms with van der Waals surface area (Å²) in [6.45, 7) is 2.00. The van der Waals surface area contributed by atoms with Crippen molar-refractivity contribution >= 4 is 16.7 Å². The Bertz CT molecular complexity index is 1140. The van der Waals surface area contributed by atoms with Gasteiger partial charge in [-0.05, 0) is 36.8 Å². The number of benzene rings is 1. The van der Waals surface area contributed by atoms with Crippen molar-refractivity contribution in [1.82, 2.24) is 19.5 Å². The molecule has 0 radical (unpaired) electrons. The molecule has 3 heterocycles. The van der Waals surface area contributed by atoms with Crippen LogP contribution in [0.3, 0.4) is 0 Å². The summed E-state index contributed by atoms with van der Waals surface area (Å²) >= 11 is 0. The second-order valence-corrected chi connectivity index (χ2v) is 5.75. The van der Waals surface area contributed by atoms with Crippen LogP contribution in [0.5, 0.6) is 0 Å². The van der Waals surface area contributed by atoms with Crippen LogP contribution in [-0.2, 0) is 0 Å². The zero-order valence-corrected chi connectivity index (χ0v) is 13.5. The highest BCUT2D eigenvalue weighted by molar-refractivity contribution is 5.85. The zero-order valence-electron chi connectivity index (χ0n) is 13.5. The van der Waals surface area contributed by atoms with E-state index in [0.717, 1.165) is 22.0 Å². The number of fused-ring (bicyclic) bond motifs is 1. The number of hydrogen-bond acceptors (Lipinski definition) is 5. The van der Waals surface area contributed by atoms with E-state index in [1.54, 1.807) is 6.20 Å². The third-order valence-corrected chi connectivity index (χ3v) is 3.97. The topological polar surface area (TPSA) is 93.4 Å². The molecule has 0 aliphatic carbocycles. The Morgan fingerprint density at radius 1 is 1.16 bits per heavy atom. The lowest BCUT2D eigenvalue weighted by molar-refractivity contribution is 0.985. The summed E-state index contributed by atoms with van der Waals surface area (Å²) in [7, 11) is 0. The molecule has 0 saturated carbocycles. The highest BCUT2D eigenvalue weighted by Crippen LogP contribution is 2.28. The molecule has 4 rings (SSSR count). The highest BCUT2D eigenvalue weighted by Gasteiger charge is 2.15. The molecule has 0 fully saturated rings. The van der Waals surface area contributed by atoms with Crippen molar-refractivity contribution < 1.29 is 0 Å². The van der Waals surface area contributed by atoms with E-state index < -0.39 is 0 Å². The fourth-order valence-electron chi connectivity index (χ4n) is 2.75. The minimum Gasteiger partial charge on any atom is -0.381 e. The van der Waals surface area contributed by atoms with Crippen molar-refractivity contribution in [3.63, 3.8) is 0 Å². The van der Waals surface area contributed by atoms with E-state index in [2.05, 4.69) is 15.0 Å². The van der Waals surface area contributed by atoms with Crippen LogP contribution in [0.1, 0.15) is 11.3 Å². The summed E-state index contributed by atoms with van der Waals surface area (Å²) in [6.07, 6.45) is 5.60. The van der Waals surface area contributed by atoms with Gasteiger partial charge in [0.1, 0.15) is 11.8 Å². The molecule has 120 valence electrons. The summed E-state index contributed by atoms with van der Waals surface area (Å²) in [4.78, 5) is 13.2. The normalized spacial score (nSPS) is 10.7. The monoisotopic (exact) mass is 326 g/mol. The molecule has 0 saturated heterocycles. The van der Waals surface area contributed by atoms with Crippen LogP contribution in [-0.4, -0.2) is 19.5 Å². The Morgan fingerprint density at radius 3 is 2.80 bits per heavy atom. The molecule has 4 aromatic rings. The number of aromatic nitrogens is 4. The third kappa shape index (κ3) is 2.58. The fraction of sp³-hybridized carbons (Fsp3) is 0.0526. The summed E-state index contributed by atoms with van der Waals surface area (Å²) in [6, 6.07) is 13.7. The lowest BCUT2D eigenvalue weighted by atomic mass is 10.1. The number of nitrogens with zero attached hydrogens (tertiary/aromatic N) is 5. The van der Waals surface area contributed by atoms with E-state index in [0.29, 0.717) is 11.5 Å². The van der Waals surface area contributed by atoms with E-state index in [1.165, 1.54) is 0 Å². The number of nitrogen functional groups attached to an aromatic ring is 1. The van der Waals surface area contributed by atoms with Gasteiger partial charge in [0.25, 0.3) is 0 Å².